The zero-order valence-electron chi connectivity index (χ0n) is 19.3. The Morgan fingerprint density at radius 3 is 2.42 bits per heavy atom. The third kappa shape index (κ3) is 8.40. The van der Waals surface area contributed by atoms with E-state index < -0.39 is 0 Å². The number of methoxy groups -OCH3 is 2. The second kappa shape index (κ2) is 14.1. The van der Waals surface area contributed by atoms with Crippen molar-refractivity contribution in [3.63, 3.8) is 0 Å². The van der Waals surface area contributed by atoms with Crippen LogP contribution in [0.2, 0.25) is 0 Å². The van der Waals surface area contributed by atoms with Crippen molar-refractivity contribution in [3.8, 4) is 5.75 Å². The highest BCUT2D eigenvalue weighted by Crippen LogP contribution is 2.27. The quantitative estimate of drug-likeness (QED) is 0.240. The van der Waals surface area contributed by atoms with Crippen LogP contribution in [0.1, 0.15) is 37.3 Å². The fourth-order valence-electron chi connectivity index (χ4n) is 4.19. The van der Waals surface area contributed by atoms with Gasteiger partial charge in [-0.3, -0.25) is 14.8 Å². The van der Waals surface area contributed by atoms with Gasteiger partial charge in [0.15, 0.2) is 5.96 Å². The highest BCUT2D eigenvalue weighted by molar-refractivity contribution is 14.0. The van der Waals surface area contributed by atoms with Gasteiger partial charge in [0, 0.05) is 46.4 Å². The normalized spacial score (nSPS) is 18.0. The lowest BCUT2D eigenvalue weighted by Gasteiger charge is -2.29. The largest absolute Gasteiger partial charge is 0.497 e. The molecule has 176 valence electrons. The SMILES string of the molecule is CN=C(NCCN(CCOC)C1CC1)NCC(c1ccc(OC)cc1)N1CCCC1.I. The van der Waals surface area contributed by atoms with Crippen molar-refractivity contribution in [1.82, 2.24) is 20.4 Å². The Labute approximate surface area is 205 Å². The maximum Gasteiger partial charge on any atom is 0.191 e. The van der Waals surface area contributed by atoms with Gasteiger partial charge >= 0.3 is 0 Å². The first-order chi connectivity index (χ1) is 14.7. The van der Waals surface area contributed by atoms with Gasteiger partial charge in [0.05, 0.1) is 19.8 Å². The smallest absolute Gasteiger partial charge is 0.191 e. The predicted molar refractivity (Wildman–Crippen MR) is 138 cm³/mol. The number of benzene rings is 1. The van der Waals surface area contributed by atoms with Crippen LogP contribution in [0, 0.1) is 0 Å². The summed E-state index contributed by atoms with van der Waals surface area (Å²) in [4.78, 5) is 9.53. The molecule has 1 unspecified atom stereocenters. The van der Waals surface area contributed by atoms with E-state index in [9.17, 15) is 0 Å². The molecule has 31 heavy (non-hydrogen) atoms. The first-order valence-electron chi connectivity index (χ1n) is 11.3. The predicted octanol–water partition coefficient (Wildman–Crippen LogP) is 2.73. The summed E-state index contributed by atoms with van der Waals surface area (Å²) in [7, 11) is 5.33. The van der Waals surface area contributed by atoms with Crippen LogP contribution in [0.4, 0.5) is 0 Å². The second-order valence-electron chi connectivity index (χ2n) is 8.17. The minimum Gasteiger partial charge on any atom is -0.497 e. The van der Waals surface area contributed by atoms with Crippen LogP contribution >= 0.6 is 24.0 Å². The Bertz CT molecular complexity index is 648. The lowest BCUT2D eigenvalue weighted by molar-refractivity contribution is 0.144. The Balaban J connectivity index is 0.00000341. The zero-order chi connectivity index (χ0) is 21.2. The fourth-order valence-corrected chi connectivity index (χ4v) is 4.19. The van der Waals surface area contributed by atoms with Gasteiger partial charge in [-0.05, 0) is 56.5 Å². The summed E-state index contributed by atoms with van der Waals surface area (Å²) in [5.41, 5.74) is 1.32. The Morgan fingerprint density at radius 1 is 1.13 bits per heavy atom. The molecule has 3 rings (SSSR count). The molecule has 1 atom stereocenters. The van der Waals surface area contributed by atoms with Crippen molar-refractivity contribution in [2.75, 3.05) is 67.1 Å². The summed E-state index contributed by atoms with van der Waals surface area (Å²) in [6.45, 7) is 6.84. The Morgan fingerprint density at radius 2 is 1.84 bits per heavy atom. The molecule has 8 heteroatoms. The van der Waals surface area contributed by atoms with Gasteiger partial charge in [0.2, 0.25) is 0 Å². The monoisotopic (exact) mass is 545 g/mol. The van der Waals surface area contributed by atoms with Crippen molar-refractivity contribution < 1.29 is 9.47 Å². The molecule has 7 nitrogen and oxygen atoms in total. The van der Waals surface area contributed by atoms with Crippen molar-refractivity contribution >= 4 is 29.9 Å². The third-order valence-electron chi connectivity index (χ3n) is 6.11. The molecule has 1 saturated heterocycles. The van der Waals surface area contributed by atoms with Gasteiger partial charge in [-0.15, -0.1) is 24.0 Å². The van der Waals surface area contributed by atoms with E-state index in [4.69, 9.17) is 9.47 Å². The third-order valence-corrected chi connectivity index (χ3v) is 6.11. The summed E-state index contributed by atoms with van der Waals surface area (Å²) in [6.07, 6.45) is 5.18. The van der Waals surface area contributed by atoms with Gasteiger partial charge in [0.25, 0.3) is 0 Å². The van der Waals surface area contributed by atoms with E-state index in [1.165, 1.54) is 31.2 Å². The molecule has 0 bridgehead atoms. The molecule has 0 radical (unpaired) electrons. The molecule has 1 aliphatic heterocycles. The van der Waals surface area contributed by atoms with Crippen LogP contribution in [0.5, 0.6) is 5.75 Å². The molecule has 2 N–H and O–H groups in total. The molecule has 1 heterocycles. The number of hydrogen-bond acceptors (Lipinski definition) is 5. The summed E-state index contributed by atoms with van der Waals surface area (Å²) >= 11 is 0. The Kier molecular flexibility index (Phi) is 11.9. The van der Waals surface area contributed by atoms with E-state index in [0.717, 1.165) is 63.6 Å². The zero-order valence-corrected chi connectivity index (χ0v) is 21.6. The lowest BCUT2D eigenvalue weighted by atomic mass is 10.1. The van der Waals surface area contributed by atoms with Crippen LogP contribution in [0.3, 0.4) is 0 Å². The van der Waals surface area contributed by atoms with E-state index in [2.05, 4.69) is 49.7 Å². The summed E-state index contributed by atoms with van der Waals surface area (Å²) in [6, 6.07) is 9.55. The average Bonchev–Trinajstić information content (AvgIpc) is 3.49. The molecule has 1 aliphatic carbocycles. The number of ether oxygens (including phenoxy) is 2. The van der Waals surface area contributed by atoms with Crippen LogP contribution in [-0.4, -0.2) is 88.9 Å². The molecule has 0 aromatic heterocycles. The van der Waals surface area contributed by atoms with Crippen LogP contribution < -0.4 is 15.4 Å². The summed E-state index contributed by atoms with van der Waals surface area (Å²) < 4.78 is 10.6. The van der Waals surface area contributed by atoms with E-state index in [0.29, 0.717) is 6.04 Å². The van der Waals surface area contributed by atoms with Gasteiger partial charge in [-0.2, -0.15) is 0 Å². The van der Waals surface area contributed by atoms with Crippen molar-refractivity contribution in [1.29, 1.82) is 0 Å². The molecular weight excluding hydrogens is 505 g/mol. The molecular formula is C23H40IN5O2. The maximum absolute atomic E-state index is 5.33. The van der Waals surface area contributed by atoms with Gasteiger partial charge in [-0.25, -0.2) is 0 Å². The molecule has 1 aromatic rings. The molecule has 0 amide bonds. The molecule has 1 saturated carbocycles. The lowest BCUT2D eigenvalue weighted by Crippen LogP contribution is -2.45. The number of nitrogens with zero attached hydrogens (tertiary/aromatic N) is 3. The van der Waals surface area contributed by atoms with Gasteiger partial charge < -0.3 is 20.1 Å². The first-order valence-corrected chi connectivity index (χ1v) is 11.3. The number of halogens is 1. The average molecular weight is 546 g/mol. The minimum absolute atomic E-state index is 0. The Hall–Kier alpha value is -1.10. The number of likely N-dealkylation sites (tertiary alicyclic amines) is 1. The van der Waals surface area contributed by atoms with Crippen molar-refractivity contribution in [3.05, 3.63) is 29.8 Å². The second-order valence-corrected chi connectivity index (χ2v) is 8.17. The van der Waals surface area contributed by atoms with Crippen LogP contribution in [-0.2, 0) is 4.74 Å². The molecule has 0 spiro atoms. The molecule has 2 aliphatic rings. The number of aliphatic imine (C=N–C) groups is 1. The summed E-state index contributed by atoms with van der Waals surface area (Å²) in [5, 5.41) is 7.05. The standard InChI is InChI=1S/C23H39N5O2.HI/c1-24-23(25-12-15-27(16-17-29-2)20-8-9-20)26-18-22(28-13-4-5-14-28)19-6-10-21(30-3)11-7-19;/h6-7,10-11,20,22H,4-5,8-9,12-18H2,1-3H3,(H2,24,25,26);1H. The number of hydrogen-bond donors (Lipinski definition) is 2. The highest BCUT2D eigenvalue weighted by atomic mass is 127. The topological polar surface area (TPSA) is 61.4 Å². The van der Waals surface area contributed by atoms with Crippen LogP contribution in [0.15, 0.2) is 29.3 Å². The van der Waals surface area contributed by atoms with Gasteiger partial charge in [-0.1, -0.05) is 12.1 Å². The fraction of sp³-hybridized carbons (Fsp3) is 0.696. The van der Waals surface area contributed by atoms with Crippen molar-refractivity contribution in [2.45, 2.75) is 37.8 Å². The van der Waals surface area contributed by atoms with Gasteiger partial charge in [0.1, 0.15) is 5.75 Å². The summed E-state index contributed by atoms with van der Waals surface area (Å²) in [5.74, 6) is 1.77. The highest BCUT2D eigenvalue weighted by Gasteiger charge is 2.28. The first kappa shape index (κ1) is 26.2. The molecule has 2 fully saturated rings. The minimum atomic E-state index is 0. The van der Waals surface area contributed by atoms with Crippen LogP contribution in [0.25, 0.3) is 0 Å². The van der Waals surface area contributed by atoms with E-state index in [1.54, 1.807) is 14.2 Å². The number of rotatable bonds is 12. The molecule has 1 aromatic carbocycles. The van der Waals surface area contributed by atoms with E-state index in [-0.39, 0.29) is 24.0 Å². The number of guanidine groups is 1. The maximum atomic E-state index is 5.33. The van der Waals surface area contributed by atoms with E-state index in [1.807, 2.05) is 7.05 Å². The van der Waals surface area contributed by atoms with Crippen molar-refractivity contribution in [2.24, 2.45) is 4.99 Å². The number of nitrogens with one attached hydrogen (secondary N) is 2. The van der Waals surface area contributed by atoms with E-state index >= 15 is 0 Å².